The standard InChI is InChI=1S/C18H15N3O/c22-15-11-14(12-7-3-1-4-8-12)16-17(20-21-18(16)19-15)13-9-5-2-6-10-13/h1-10,14H,11H2,(H2,19,20,21,22). The van der Waals surface area contributed by atoms with Gasteiger partial charge in [-0.05, 0) is 11.1 Å². The molecule has 0 bridgehead atoms. The summed E-state index contributed by atoms with van der Waals surface area (Å²) in [6, 6.07) is 20.2. The third kappa shape index (κ3) is 2.09. The number of aromatic amines is 1. The fraction of sp³-hybridized carbons (Fsp3) is 0.111. The van der Waals surface area contributed by atoms with Crippen LogP contribution >= 0.6 is 0 Å². The monoisotopic (exact) mass is 289 g/mol. The van der Waals surface area contributed by atoms with Crippen LogP contribution in [-0.2, 0) is 4.79 Å². The molecule has 2 N–H and O–H groups in total. The summed E-state index contributed by atoms with van der Waals surface area (Å²) in [5.74, 6) is 0.676. The molecule has 1 aromatic heterocycles. The van der Waals surface area contributed by atoms with Crippen LogP contribution in [-0.4, -0.2) is 16.1 Å². The molecule has 4 rings (SSSR count). The van der Waals surface area contributed by atoms with Crippen molar-refractivity contribution in [2.75, 3.05) is 5.32 Å². The predicted octanol–water partition coefficient (Wildman–Crippen LogP) is 3.55. The molecule has 22 heavy (non-hydrogen) atoms. The van der Waals surface area contributed by atoms with Gasteiger partial charge >= 0.3 is 0 Å². The first kappa shape index (κ1) is 12.8. The van der Waals surface area contributed by atoms with Gasteiger partial charge in [0, 0.05) is 17.9 Å². The van der Waals surface area contributed by atoms with Gasteiger partial charge in [0.05, 0.1) is 5.69 Å². The lowest BCUT2D eigenvalue weighted by Gasteiger charge is -2.23. The first-order valence-corrected chi connectivity index (χ1v) is 7.31. The topological polar surface area (TPSA) is 57.8 Å². The molecule has 2 aromatic carbocycles. The second kappa shape index (κ2) is 5.15. The molecule has 2 heterocycles. The Morgan fingerprint density at radius 2 is 1.64 bits per heavy atom. The molecular weight excluding hydrogens is 274 g/mol. The lowest BCUT2D eigenvalue weighted by molar-refractivity contribution is -0.116. The third-order valence-electron chi connectivity index (χ3n) is 4.06. The first-order chi connectivity index (χ1) is 10.8. The van der Waals surface area contributed by atoms with Crippen molar-refractivity contribution in [1.29, 1.82) is 0 Å². The van der Waals surface area contributed by atoms with Crippen molar-refractivity contribution in [1.82, 2.24) is 10.2 Å². The minimum absolute atomic E-state index is 0.00691. The zero-order chi connectivity index (χ0) is 14.9. The highest BCUT2D eigenvalue weighted by atomic mass is 16.1. The number of carbonyl (C=O) groups excluding carboxylic acids is 1. The number of amides is 1. The normalized spacial score (nSPS) is 16.9. The quantitative estimate of drug-likeness (QED) is 0.758. The Morgan fingerprint density at radius 1 is 0.955 bits per heavy atom. The lowest BCUT2D eigenvalue weighted by atomic mass is 9.84. The highest BCUT2D eigenvalue weighted by Gasteiger charge is 2.31. The maximum Gasteiger partial charge on any atom is 0.226 e. The molecule has 0 aliphatic carbocycles. The van der Waals surface area contributed by atoms with Crippen molar-refractivity contribution in [3.05, 3.63) is 71.8 Å². The second-order valence-corrected chi connectivity index (χ2v) is 5.44. The van der Waals surface area contributed by atoms with Crippen molar-refractivity contribution in [2.45, 2.75) is 12.3 Å². The van der Waals surface area contributed by atoms with Gasteiger partial charge in [0.2, 0.25) is 5.91 Å². The summed E-state index contributed by atoms with van der Waals surface area (Å²) in [6.07, 6.45) is 0.441. The van der Waals surface area contributed by atoms with Crippen LogP contribution in [0.15, 0.2) is 60.7 Å². The molecule has 4 nitrogen and oxygen atoms in total. The van der Waals surface area contributed by atoms with Crippen LogP contribution in [0.4, 0.5) is 5.82 Å². The number of hydrogen-bond donors (Lipinski definition) is 2. The number of nitrogens with one attached hydrogen (secondary N) is 2. The lowest BCUT2D eigenvalue weighted by Crippen LogP contribution is -2.23. The van der Waals surface area contributed by atoms with Crippen molar-refractivity contribution in [2.24, 2.45) is 0 Å². The number of fused-ring (bicyclic) bond motifs is 1. The van der Waals surface area contributed by atoms with Crippen LogP contribution in [0.1, 0.15) is 23.5 Å². The Labute approximate surface area is 128 Å². The van der Waals surface area contributed by atoms with Gasteiger partial charge in [0.15, 0.2) is 5.82 Å². The maximum absolute atomic E-state index is 12.0. The molecule has 1 unspecified atom stereocenters. The summed E-state index contributed by atoms with van der Waals surface area (Å²) in [4.78, 5) is 12.0. The fourth-order valence-electron chi connectivity index (χ4n) is 3.05. The summed E-state index contributed by atoms with van der Waals surface area (Å²) < 4.78 is 0. The van der Waals surface area contributed by atoms with Gasteiger partial charge in [0.1, 0.15) is 0 Å². The molecule has 0 fully saturated rings. The van der Waals surface area contributed by atoms with Crippen LogP contribution < -0.4 is 5.32 Å². The molecule has 0 spiro atoms. The van der Waals surface area contributed by atoms with E-state index in [1.165, 1.54) is 0 Å². The van der Waals surface area contributed by atoms with Gasteiger partial charge in [-0.15, -0.1) is 0 Å². The van der Waals surface area contributed by atoms with Gasteiger partial charge in [0.25, 0.3) is 0 Å². The van der Waals surface area contributed by atoms with Crippen molar-refractivity contribution < 1.29 is 4.79 Å². The van der Waals surface area contributed by atoms with Gasteiger partial charge < -0.3 is 5.32 Å². The van der Waals surface area contributed by atoms with Crippen LogP contribution in [0, 0.1) is 0 Å². The zero-order valence-electron chi connectivity index (χ0n) is 11.9. The molecule has 1 amide bonds. The molecule has 1 aliphatic rings. The van der Waals surface area contributed by atoms with E-state index in [1.807, 2.05) is 48.5 Å². The molecule has 1 atom stereocenters. The van der Waals surface area contributed by atoms with E-state index < -0.39 is 0 Å². The molecule has 0 saturated carbocycles. The largest absolute Gasteiger partial charge is 0.309 e. The summed E-state index contributed by atoms with van der Waals surface area (Å²) >= 11 is 0. The highest BCUT2D eigenvalue weighted by Crippen LogP contribution is 2.41. The number of aromatic nitrogens is 2. The van der Waals surface area contributed by atoms with Crippen LogP contribution in [0.3, 0.4) is 0 Å². The molecule has 3 aromatic rings. The van der Waals surface area contributed by atoms with Gasteiger partial charge in [-0.3, -0.25) is 9.89 Å². The van der Waals surface area contributed by atoms with E-state index in [1.54, 1.807) is 0 Å². The second-order valence-electron chi connectivity index (χ2n) is 5.44. The number of anilines is 1. The molecule has 1 aliphatic heterocycles. The molecule has 108 valence electrons. The number of rotatable bonds is 2. The van der Waals surface area contributed by atoms with Crippen molar-refractivity contribution in [3.63, 3.8) is 0 Å². The number of nitrogens with zero attached hydrogens (tertiary/aromatic N) is 1. The summed E-state index contributed by atoms with van der Waals surface area (Å²) in [6.45, 7) is 0. The first-order valence-electron chi connectivity index (χ1n) is 7.31. The number of carbonyl (C=O) groups is 1. The van der Waals surface area contributed by atoms with Crippen molar-refractivity contribution >= 4 is 11.7 Å². The average Bonchev–Trinajstić information content (AvgIpc) is 2.99. The summed E-state index contributed by atoms with van der Waals surface area (Å²) in [5, 5.41) is 10.3. The average molecular weight is 289 g/mol. The zero-order valence-corrected chi connectivity index (χ0v) is 11.9. The number of benzene rings is 2. The Morgan fingerprint density at radius 3 is 2.36 bits per heavy atom. The summed E-state index contributed by atoms with van der Waals surface area (Å²) in [7, 11) is 0. The van der Waals surface area contributed by atoms with E-state index >= 15 is 0 Å². The Kier molecular flexibility index (Phi) is 3.00. The van der Waals surface area contributed by atoms with Crippen LogP contribution in [0.2, 0.25) is 0 Å². The van der Waals surface area contributed by atoms with E-state index in [0.29, 0.717) is 12.2 Å². The summed E-state index contributed by atoms with van der Waals surface area (Å²) in [5.41, 5.74) is 4.26. The van der Waals surface area contributed by atoms with Gasteiger partial charge in [-0.1, -0.05) is 60.7 Å². The van der Waals surface area contributed by atoms with Gasteiger partial charge in [-0.2, -0.15) is 5.10 Å². The smallest absolute Gasteiger partial charge is 0.226 e. The van der Waals surface area contributed by atoms with E-state index in [-0.39, 0.29) is 11.8 Å². The molecule has 0 saturated heterocycles. The Hall–Kier alpha value is -2.88. The number of H-pyrrole nitrogens is 1. The molecular formula is C18H15N3O. The minimum Gasteiger partial charge on any atom is -0.309 e. The Bertz CT molecular complexity index is 809. The van der Waals surface area contributed by atoms with E-state index in [0.717, 1.165) is 22.4 Å². The molecule has 4 heteroatoms. The fourth-order valence-corrected chi connectivity index (χ4v) is 3.05. The third-order valence-corrected chi connectivity index (χ3v) is 4.06. The Balaban J connectivity index is 1.88. The van der Waals surface area contributed by atoms with Crippen LogP contribution in [0.5, 0.6) is 0 Å². The maximum atomic E-state index is 12.0. The van der Waals surface area contributed by atoms with Gasteiger partial charge in [-0.25, -0.2) is 0 Å². The SMILES string of the molecule is O=C1CC(c2ccccc2)c2c(n[nH]c2-c2ccccc2)N1. The number of hydrogen-bond acceptors (Lipinski definition) is 2. The van der Waals surface area contributed by atoms with E-state index in [9.17, 15) is 4.79 Å². The van der Waals surface area contributed by atoms with Crippen molar-refractivity contribution in [3.8, 4) is 11.3 Å². The highest BCUT2D eigenvalue weighted by molar-refractivity contribution is 5.96. The minimum atomic E-state index is 0.00691. The van der Waals surface area contributed by atoms with Crippen LogP contribution in [0.25, 0.3) is 11.3 Å². The van der Waals surface area contributed by atoms with E-state index in [4.69, 9.17) is 0 Å². The predicted molar refractivity (Wildman–Crippen MR) is 85.6 cm³/mol. The van der Waals surface area contributed by atoms with E-state index in [2.05, 4.69) is 27.6 Å². The molecule has 0 radical (unpaired) electrons.